The third-order valence-electron chi connectivity index (χ3n) is 0.468. The Labute approximate surface area is 68.0 Å². The summed E-state index contributed by atoms with van der Waals surface area (Å²) in [6.45, 7) is 1.00. The lowest BCUT2D eigenvalue weighted by atomic mass is 10.5. The molecule has 1 N–H and O–H groups in total. The van der Waals surface area contributed by atoms with Gasteiger partial charge in [0.05, 0.1) is 0 Å². The van der Waals surface area contributed by atoms with Gasteiger partial charge >= 0.3 is 5.97 Å². The van der Waals surface area contributed by atoms with Gasteiger partial charge in [-0.3, -0.25) is 4.79 Å². The Hall–Kier alpha value is -0.160. The third kappa shape index (κ3) is 15.7. The van der Waals surface area contributed by atoms with Gasteiger partial charge in [-0.05, 0) is 12.5 Å². The average molecular weight is 182 g/mol. The van der Waals surface area contributed by atoms with Gasteiger partial charge in [-0.25, -0.2) is 4.79 Å². The number of carboxylic acids is 1. The van der Waals surface area contributed by atoms with Crippen LogP contribution < -0.4 is 0 Å². The third-order valence-corrected chi connectivity index (χ3v) is 1.80. The van der Waals surface area contributed by atoms with Crippen LogP contribution in [0.2, 0.25) is 0 Å². The van der Waals surface area contributed by atoms with Gasteiger partial charge in [0, 0.05) is 6.92 Å². The van der Waals surface area contributed by atoms with Gasteiger partial charge in [-0.2, -0.15) is 0 Å². The summed E-state index contributed by atoms with van der Waals surface area (Å²) < 4.78 is 0. The van der Waals surface area contributed by atoms with E-state index in [1.165, 1.54) is 0 Å². The number of rotatable bonds is 2. The Balaban J connectivity index is 0. The van der Waals surface area contributed by atoms with Crippen LogP contribution >= 0.6 is 21.6 Å². The van der Waals surface area contributed by atoms with Crippen LogP contribution in [0.15, 0.2) is 0 Å². The average Bonchev–Trinajstić information content (AvgIpc) is 1.89. The Kier molecular flexibility index (Phi) is 11.1. The van der Waals surface area contributed by atoms with Crippen LogP contribution in [0.1, 0.15) is 6.92 Å². The van der Waals surface area contributed by atoms with Crippen molar-refractivity contribution in [3.8, 4) is 0 Å². The molecule has 0 unspecified atom stereocenters. The van der Waals surface area contributed by atoms with Gasteiger partial charge in [-0.15, -0.1) is 0 Å². The number of carbonyl (C=O) groups is 2. The van der Waals surface area contributed by atoms with E-state index < -0.39 is 11.8 Å². The van der Waals surface area contributed by atoms with E-state index >= 15 is 0 Å². The largest absolute Gasteiger partial charge is 0.476 e. The minimum atomic E-state index is -1.38. The standard InChI is InChI=1S/C3H4O3.C2H6S2/c1-2(4)3(5)6;1-3-4-2/h1H3,(H,5,6);1-2H3. The van der Waals surface area contributed by atoms with Crippen LogP contribution in [0.25, 0.3) is 0 Å². The van der Waals surface area contributed by atoms with E-state index in [4.69, 9.17) is 5.11 Å². The molecule has 0 aromatic carbocycles. The maximum Gasteiger partial charge on any atom is 0.371 e. The van der Waals surface area contributed by atoms with Crippen molar-refractivity contribution >= 4 is 33.3 Å². The molecule has 0 aliphatic rings. The molecule has 0 saturated carbocycles. The van der Waals surface area contributed by atoms with E-state index in [9.17, 15) is 9.59 Å². The first-order valence-electron chi connectivity index (χ1n) is 2.37. The lowest BCUT2D eigenvalue weighted by Crippen LogP contribution is -2.05. The minimum Gasteiger partial charge on any atom is -0.476 e. The Morgan fingerprint density at radius 2 is 1.40 bits per heavy atom. The minimum absolute atomic E-state index is 0.824. The summed E-state index contributed by atoms with van der Waals surface area (Å²) in [5.41, 5.74) is 0. The first-order valence-corrected chi connectivity index (χ1v) is 5.33. The topological polar surface area (TPSA) is 54.4 Å². The molecule has 5 heteroatoms. The lowest BCUT2D eigenvalue weighted by molar-refractivity contribution is -0.148. The number of carboxylic acid groups (broad SMARTS) is 1. The molecule has 0 fully saturated rings. The van der Waals surface area contributed by atoms with Crippen molar-refractivity contribution < 1.29 is 14.7 Å². The highest BCUT2D eigenvalue weighted by Gasteiger charge is 1.98. The maximum absolute atomic E-state index is 9.54. The van der Waals surface area contributed by atoms with Crippen LogP contribution in [0.3, 0.4) is 0 Å². The molecule has 60 valence electrons. The van der Waals surface area contributed by atoms with Crippen LogP contribution in [0.5, 0.6) is 0 Å². The Bertz CT molecular complexity index is 99.5. The SMILES string of the molecule is CC(=O)C(=O)O.CSSC. The number of carbonyl (C=O) groups excluding carboxylic acids is 1. The van der Waals surface area contributed by atoms with Crippen molar-refractivity contribution in [2.24, 2.45) is 0 Å². The predicted molar refractivity (Wildman–Crippen MR) is 45.3 cm³/mol. The van der Waals surface area contributed by atoms with E-state index in [1.54, 1.807) is 21.6 Å². The molecular formula is C5H10O3S2. The zero-order valence-corrected chi connectivity index (χ0v) is 7.71. The molecular weight excluding hydrogens is 172 g/mol. The summed E-state index contributed by atoms with van der Waals surface area (Å²) in [6, 6.07) is 0. The highest BCUT2D eigenvalue weighted by molar-refractivity contribution is 8.76. The molecule has 0 aliphatic heterocycles. The number of hydrogen-bond acceptors (Lipinski definition) is 4. The number of Topliss-reactive ketones (excluding diaryl/α,β-unsaturated/α-hetero) is 1. The predicted octanol–water partition coefficient (Wildman–Crippen LogP) is 1.29. The molecule has 0 atom stereocenters. The van der Waals surface area contributed by atoms with E-state index in [0.717, 1.165) is 6.92 Å². The Morgan fingerprint density at radius 3 is 1.40 bits per heavy atom. The zero-order chi connectivity index (χ0) is 8.57. The molecule has 0 spiro atoms. The van der Waals surface area contributed by atoms with Crippen molar-refractivity contribution in [2.45, 2.75) is 6.92 Å². The highest BCUT2D eigenvalue weighted by atomic mass is 33.1. The van der Waals surface area contributed by atoms with Crippen molar-refractivity contribution in [3.05, 3.63) is 0 Å². The lowest BCUT2D eigenvalue weighted by Gasteiger charge is -1.73. The molecule has 0 aromatic rings. The van der Waals surface area contributed by atoms with Gasteiger partial charge in [0.15, 0.2) is 0 Å². The summed E-state index contributed by atoms with van der Waals surface area (Å²) >= 11 is 0. The number of ketones is 1. The van der Waals surface area contributed by atoms with Crippen LogP contribution in [-0.4, -0.2) is 29.4 Å². The van der Waals surface area contributed by atoms with E-state index in [2.05, 4.69) is 12.5 Å². The molecule has 3 nitrogen and oxygen atoms in total. The van der Waals surface area contributed by atoms with Crippen LogP contribution in [0.4, 0.5) is 0 Å². The van der Waals surface area contributed by atoms with Crippen LogP contribution in [-0.2, 0) is 9.59 Å². The summed E-state index contributed by atoms with van der Waals surface area (Å²) in [5.74, 6) is -2.20. The Morgan fingerprint density at radius 1 is 1.20 bits per heavy atom. The second-order valence-corrected chi connectivity index (χ2v) is 3.86. The summed E-state index contributed by atoms with van der Waals surface area (Å²) in [7, 11) is 3.55. The molecule has 0 aliphatic carbocycles. The highest BCUT2D eigenvalue weighted by Crippen LogP contribution is 2.09. The van der Waals surface area contributed by atoms with Crippen molar-refractivity contribution in [2.75, 3.05) is 12.5 Å². The second-order valence-electron chi connectivity index (χ2n) is 1.19. The molecule has 0 rings (SSSR count). The summed E-state index contributed by atoms with van der Waals surface area (Å²) in [4.78, 5) is 18.9. The zero-order valence-electron chi connectivity index (χ0n) is 6.08. The molecule has 0 aromatic heterocycles. The van der Waals surface area contributed by atoms with Gasteiger partial charge in [0.2, 0.25) is 5.78 Å². The summed E-state index contributed by atoms with van der Waals surface area (Å²) in [6.07, 6.45) is 4.12. The normalized spacial score (nSPS) is 7.50. The molecule has 10 heavy (non-hydrogen) atoms. The quantitative estimate of drug-likeness (QED) is 0.515. The van der Waals surface area contributed by atoms with E-state index in [1.807, 2.05) is 0 Å². The number of aliphatic carboxylic acids is 1. The van der Waals surface area contributed by atoms with E-state index in [0.29, 0.717) is 0 Å². The van der Waals surface area contributed by atoms with Gasteiger partial charge < -0.3 is 5.11 Å². The first kappa shape index (κ1) is 12.5. The monoisotopic (exact) mass is 182 g/mol. The molecule has 0 radical (unpaired) electrons. The van der Waals surface area contributed by atoms with Gasteiger partial charge in [-0.1, -0.05) is 21.6 Å². The number of hydrogen-bond donors (Lipinski definition) is 1. The molecule has 0 heterocycles. The maximum atomic E-state index is 9.54. The van der Waals surface area contributed by atoms with Crippen molar-refractivity contribution in [1.82, 2.24) is 0 Å². The fourth-order valence-electron chi connectivity index (χ4n) is 0. The van der Waals surface area contributed by atoms with Crippen LogP contribution in [0, 0.1) is 0 Å². The van der Waals surface area contributed by atoms with E-state index in [-0.39, 0.29) is 0 Å². The first-order chi connectivity index (χ1) is 4.56. The van der Waals surface area contributed by atoms with Gasteiger partial charge in [0.25, 0.3) is 0 Å². The van der Waals surface area contributed by atoms with Crippen molar-refractivity contribution in [3.63, 3.8) is 0 Å². The smallest absolute Gasteiger partial charge is 0.371 e. The molecule has 0 bridgehead atoms. The molecule has 0 saturated heterocycles. The second kappa shape index (κ2) is 8.84. The molecule has 0 amide bonds. The van der Waals surface area contributed by atoms with Gasteiger partial charge in [0.1, 0.15) is 0 Å². The fraction of sp³-hybridized carbons (Fsp3) is 0.600. The fourth-order valence-corrected chi connectivity index (χ4v) is 0. The van der Waals surface area contributed by atoms with Crippen molar-refractivity contribution in [1.29, 1.82) is 0 Å². The summed E-state index contributed by atoms with van der Waals surface area (Å²) in [5, 5.41) is 7.64.